The van der Waals surface area contributed by atoms with Gasteiger partial charge in [0.05, 0.1) is 47.2 Å². The lowest BCUT2D eigenvalue weighted by Gasteiger charge is -2.16. The summed E-state index contributed by atoms with van der Waals surface area (Å²) in [7, 11) is 0. The Morgan fingerprint density at radius 3 is 2.63 bits per heavy atom. The number of nitrogens with zero attached hydrogens (tertiary/aromatic N) is 6. The van der Waals surface area contributed by atoms with Crippen molar-refractivity contribution in [2.45, 2.75) is 29.7 Å². The normalized spacial score (nSPS) is 12.9. The molecule has 5 rings (SSSR count). The van der Waals surface area contributed by atoms with Crippen LogP contribution in [0, 0.1) is 0 Å². The zero-order chi connectivity index (χ0) is 27.0. The van der Waals surface area contributed by atoms with E-state index in [1.807, 2.05) is 0 Å². The summed E-state index contributed by atoms with van der Waals surface area (Å²) in [5.41, 5.74) is 5.52. The molecule has 38 heavy (non-hydrogen) atoms. The number of aromatic nitrogens is 6. The molecule has 0 fully saturated rings. The van der Waals surface area contributed by atoms with E-state index < -0.39 is 30.0 Å². The molecule has 3 heterocycles. The number of nitrogens with two attached hydrogens (primary N) is 1. The lowest BCUT2D eigenvalue weighted by molar-refractivity contribution is -0.137. The molecule has 4 N–H and O–H groups in total. The fraction of sp³-hybridized carbons (Fsp3) is 0.208. The van der Waals surface area contributed by atoms with Crippen LogP contribution in [0.5, 0.6) is 0 Å². The number of hydrogen-bond donors (Lipinski definition) is 3. The zero-order valence-corrected chi connectivity index (χ0v) is 20.3. The Morgan fingerprint density at radius 1 is 1.08 bits per heavy atom. The summed E-state index contributed by atoms with van der Waals surface area (Å²) in [5.74, 6) is 0.305. The lowest BCUT2D eigenvalue weighted by atomic mass is 10.2. The van der Waals surface area contributed by atoms with Crippen molar-refractivity contribution in [1.82, 2.24) is 29.1 Å². The Bertz CT molecular complexity index is 1700. The predicted molar refractivity (Wildman–Crippen MR) is 135 cm³/mol. The number of aliphatic hydroxyl groups is 2. The van der Waals surface area contributed by atoms with E-state index in [4.69, 9.17) is 5.73 Å². The zero-order valence-electron chi connectivity index (χ0n) is 19.5. The van der Waals surface area contributed by atoms with Crippen LogP contribution < -0.4 is 11.3 Å². The number of hydrogen-bond acceptors (Lipinski definition) is 9. The van der Waals surface area contributed by atoms with Gasteiger partial charge < -0.3 is 20.5 Å². The summed E-state index contributed by atoms with van der Waals surface area (Å²) >= 11 is 1.11. The van der Waals surface area contributed by atoms with Crippen molar-refractivity contribution in [2.75, 3.05) is 12.3 Å². The Kier molecular flexibility index (Phi) is 6.77. The van der Waals surface area contributed by atoms with Crippen molar-refractivity contribution in [3.63, 3.8) is 0 Å². The molecule has 0 aliphatic carbocycles. The quantitative estimate of drug-likeness (QED) is 0.264. The van der Waals surface area contributed by atoms with E-state index in [1.165, 1.54) is 18.5 Å². The van der Waals surface area contributed by atoms with E-state index in [0.717, 1.165) is 28.5 Å². The predicted octanol–water partition coefficient (Wildman–Crippen LogP) is 2.77. The highest BCUT2D eigenvalue weighted by Gasteiger charge is 2.31. The first kappa shape index (κ1) is 25.6. The number of imidazole rings is 1. The molecule has 0 aliphatic heterocycles. The van der Waals surface area contributed by atoms with Crippen LogP contribution in [0.3, 0.4) is 0 Å². The maximum absolute atomic E-state index is 13.5. The number of thioether (sulfide) groups is 1. The minimum atomic E-state index is -4.60. The molecule has 10 nitrogen and oxygen atoms in total. The summed E-state index contributed by atoms with van der Waals surface area (Å²) in [4.78, 5) is 30.6. The average molecular weight is 544 g/mol. The molecule has 0 saturated heterocycles. The summed E-state index contributed by atoms with van der Waals surface area (Å²) < 4.78 is 43.0. The molecular weight excluding hydrogens is 523 g/mol. The van der Waals surface area contributed by atoms with E-state index in [-0.39, 0.29) is 40.5 Å². The topological polar surface area (TPSA) is 145 Å². The minimum absolute atomic E-state index is 0.0120. The van der Waals surface area contributed by atoms with Crippen LogP contribution in [0.15, 0.2) is 64.8 Å². The number of rotatable bonds is 7. The first-order chi connectivity index (χ1) is 18.2. The van der Waals surface area contributed by atoms with Crippen molar-refractivity contribution in [3.05, 3.63) is 76.6 Å². The summed E-state index contributed by atoms with van der Waals surface area (Å²) in [5, 5.41) is 20.0. The Balaban J connectivity index is 1.63. The second-order valence-corrected chi connectivity index (χ2v) is 9.24. The molecule has 1 unspecified atom stereocenters. The van der Waals surface area contributed by atoms with Crippen molar-refractivity contribution in [2.24, 2.45) is 0 Å². The summed E-state index contributed by atoms with van der Waals surface area (Å²) in [6.07, 6.45) is -4.48. The first-order valence-electron chi connectivity index (χ1n) is 11.2. The van der Waals surface area contributed by atoms with E-state index >= 15 is 0 Å². The van der Waals surface area contributed by atoms with Gasteiger partial charge in [-0.25, -0.2) is 19.9 Å². The fourth-order valence-electron chi connectivity index (χ4n) is 3.97. The molecule has 0 radical (unpaired) electrons. The molecule has 5 aromatic rings. The summed E-state index contributed by atoms with van der Waals surface area (Å²) in [6.45, 7) is -0.566. The molecule has 0 amide bonds. The standard InChI is InChI=1S/C24H20F3N7O3S/c25-24(26,27)13-4-3-5-14(8-13)34-18(31-17-7-2-1-6-16(17)22(34)37)11-38-23-32-19-20(28)29-12-30-21(19)33(23)9-15(36)10-35/h1-8,12,15,35-36H,9-11H2,(H2,28,29,30). The number of fused-ring (bicyclic) bond motifs is 2. The smallest absolute Gasteiger partial charge is 0.394 e. The lowest BCUT2D eigenvalue weighted by Crippen LogP contribution is -2.24. The Labute approximate surface area is 216 Å². The SMILES string of the molecule is Nc1ncnc2c1nc(SCc1nc3ccccc3c(=O)n1-c1cccc(C(F)(F)F)c1)n2CC(O)CO. The van der Waals surface area contributed by atoms with Gasteiger partial charge in [0.2, 0.25) is 0 Å². The van der Waals surface area contributed by atoms with Gasteiger partial charge in [-0.05, 0) is 30.3 Å². The van der Waals surface area contributed by atoms with Gasteiger partial charge in [0.1, 0.15) is 12.2 Å². The molecule has 0 bridgehead atoms. The van der Waals surface area contributed by atoms with Gasteiger partial charge in [-0.3, -0.25) is 9.36 Å². The first-order valence-corrected chi connectivity index (χ1v) is 12.2. The molecule has 3 aromatic heterocycles. The highest BCUT2D eigenvalue weighted by atomic mass is 32.2. The largest absolute Gasteiger partial charge is 0.416 e. The van der Waals surface area contributed by atoms with E-state index in [9.17, 15) is 28.2 Å². The van der Waals surface area contributed by atoms with E-state index in [0.29, 0.717) is 16.3 Å². The summed E-state index contributed by atoms with van der Waals surface area (Å²) in [6, 6.07) is 11.0. The van der Waals surface area contributed by atoms with E-state index in [1.54, 1.807) is 28.8 Å². The van der Waals surface area contributed by atoms with Crippen LogP contribution in [0.1, 0.15) is 11.4 Å². The Morgan fingerprint density at radius 2 is 1.87 bits per heavy atom. The number of benzene rings is 2. The highest BCUT2D eigenvalue weighted by molar-refractivity contribution is 7.98. The number of nitrogen functional groups attached to an aromatic ring is 1. The number of halogens is 3. The third-order valence-electron chi connectivity index (χ3n) is 5.74. The molecule has 2 aromatic carbocycles. The van der Waals surface area contributed by atoms with Gasteiger partial charge >= 0.3 is 6.18 Å². The van der Waals surface area contributed by atoms with Crippen LogP contribution in [-0.4, -0.2) is 52.0 Å². The molecule has 0 saturated carbocycles. The van der Waals surface area contributed by atoms with Gasteiger partial charge in [0.15, 0.2) is 22.1 Å². The molecule has 14 heteroatoms. The van der Waals surface area contributed by atoms with Crippen LogP contribution in [0.25, 0.3) is 27.8 Å². The van der Waals surface area contributed by atoms with Crippen LogP contribution in [0.2, 0.25) is 0 Å². The van der Waals surface area contributed by atoms with E-state index in [2.05, 4.69) is 19.9 Å². The number of para-hydroxylation sites is 1. The van der Waals surface area contributed by atoms with Gasteiger partial charge in [-0.1, -0.05) is 30.0 Å². The van der Waals surface area contributed by atoms with Gasteiger partial charge in [-0.15, -0.1) is 0 Å². The number of alkyl halides is 3. The second-order valence-electron chi connectivity index (χ2n) is 8.30. The van der Waals surface area contributed by atoms with Gasteiger partial charge in [0, 0.05) is 0 Å². The average Bonchev–Trinajstić information content (AvgIpc) is 3.25. The second kappa shape index (κ2) is 10.0. The highest BCUT2D eigenvalue weighted by Crippen LogP contribution is 2.32. The van der Waals surface area contributed by atoms with Crippen LogP contribution >= 0.6 is 11.8 Å². The van der Waals surface area contributed by atoms with Crippen molar-refractivity contribution in [1.29, 1.82) is 0 Å². The van der Waals surface area contributed by atoms with Crippen molar-refractivity contribution in [3.8, 4) is 5.69 Å². The van der Waals surface area contributed by atoms with Crippen molar-refractivity contribution >= 4 is 39.6 Å². The Hall–Kier alpha value is -4.01. The third kappa shape index (κ3) is 4.80. The van der Waals surface area contributed by atoms with Crippen LogP contribution in [0.4, 0.5) is 19.0 Å². The number of anilines is 1. The molecule has 0 spiro atoms. The maximum atomic E-state index is 13.5. The van der Waals surface area contributed by atoms with Crippen molar-refractivity contribution < 1.29 is 23.4 Å². The van der Waals surface area contributed by atoms with Gasteiger partial charge in [-0.2, -0.15) is 13.2 Å². The molecule has 1 atom stereocenters. The third-order valence-corrected chi connectivity index (χ3v) is 6.71. The number of aliphatic hydroxyl groups excluding tert-OH is 2. The minimum Gasteiger partial charge on any atom is -0.394 e. The molecule has 196 valence electrons. The fourth-order valence-corrected chi connectivity index (χ4v) is 4.89. The van der Waals surface area contributed by atoms with Crippen LogP contribution in [-0.2, 0) is 18.5 Å². The van der Waals surface area contributed by atoms with Gasteiger partial charge in [0.25, 0.3) is 5.56 Å². The maximum Gasteiger partial charge on any atom is 0.416 e. The monoisotopic (exact) mass is 543 g/mol. The molecule has 0 aliphatic rings. The molecular formula is C24H20F3N7O3S.